The Morgan fingerprint density at radius 2 is 1.67 bits per heavy atom. The van der Waals surface area contributed by atoms with Crippen LogP contribution >= 0.6 is 0 Å². The molecule has 3 heteroatoms. The van der Waals surface area contributed by atoms with Gasteiger partial charge in [-0.2, -0.15) is 0 Å². The highest BCUT2D eigenvalue weighted by atomic mass is 16.5. The van der Waals surface area contributed by atoms with Crippen LogP contribution in [0, 0.1) is 5.41 Å². The first-order valence-corrected chi connectivity index (χ1v) is 7.51. The lowest BCUT2D eigenvalue weighted by Gasteiger charge is -2.52. The lowest BCUT2D eigenvalue weighted by atomic mass is 9.72. The minimum Gasteiger partial charge on any atom is -0.379 e. The number of hydrogen-bond acceptors (Lipinski definition) is 3. The van der Waals surface area contributed by atoms with E-state index in [-0.39, 0.29) is 0 Å². The predicted molar refractivity (Wildman–Crippen MR) is 75.9 cm³/mol. The number of hydrogen-bond donors (Lipinski definition) is 1. The fraction of sp³-hybridized carbons (Fsp3) is 1.00. The van der Waals surface area contributed by atoms with E-state index in [1.165, 1.54) is 25.7 Å². The van der Waals surface area contributed by atoms with Gasteiger partial charge in [-0.15, -0.1) is 0 Å². The van der Waals surface area contributed by atoms with Gasteiger partial charge in [-0.1, -0.05) is 33.6 Å². The minimum atomic E-state index is 0.303. The molecule has 0 spiro atoms. The SMILES string of the molecule is CNC(C(C)(C)C)C1(N2CCOCC2)CCCC1. The largest absolute Gasteiger partial charge is 0.379 e. The number of nitrogens with zero attached hydrogens (tertiary/aromatic N) is 1. The third kappa shape index (κ3) is 2.59. The molecule has 1 N–H and O–H groups in total. The van der Waals surface area contributed by atoms with Crippen molar-refractivity contribution in [3.05, 3.63) is 0 Å². The maximum Gasteiger partial charge on any atom is 0.0594 e. The molecule has 0 amide bonds. The summed E-state index contributed by atoms with van der Waals surface area (Å²) < 4.78 is 5.54. The molecule has 106 valence electrons. The molecule has 1 heterocycles. The van der Waals surface area contributed by atoms with E-state index in [0.717, 1.165) is 26.3 Å². The molecule has 2 rings (SSSR count). The Morgan fingerprint density at radius 3 is 2.11 bits per heavy atom. The summed E-state index contributed by atoms with van der Waals surface area (Å²) in [5.74, 6) is 0. The molecule has 18 heavy (non-hydrogen) atoms. The quantitative estimate of drug-likeness (QED) is 0.836. The topological polar surface area (TPSA) is 24.5 Å². The van der Waals surface area contributed by atoms with E-state index in [9.17, 15) is 0 Å². The van der Waals surface area contributed by atoms with Crippen LogP contribution in [0.5, 0.6) is 0 Å². The molecule has 2 aliphatic rings. The highest BCUT2D eigenvalue weighted by Gasteiger charge is 2.49. The van der Waals surface area contributed by atoms with Crippen molar-refractivity contribution >= 4 is 0 Å². The lowest BCUT2D eigenvalue weighted by molar-refractivity contribution is -0.0516. The number of rotatable bonds is 3. The molecule has 3 nitrogen and oxygen atoms in total. The Kier molecular flexibility index (Phi) is 4.35. The number of nitrogens with one attached hydrogen (secondary N) is 1. The maximum atomic E-state index is 5.54. The van der Waals surface area contributed by atoms with Crippen LogP contribution < -0.4 is 5.32 Å². The van der Waals surface area contributed by atoms with Gasteiger partial charge in [0.15, 0.2) is 0 Å². The standard InChI is InChI=1S/C15H30N2O/c1-14(2,3)13(16-4)15(7-5-6-8-15)17-9-11-18-12-10-17/h13,16H,5-12H2,1-4H3. The summed E-state index contributed by atoms with van der Waals surface area (Å²) in [6, 6.07) is 0.561. The molecule has 2 fully saturated rings. The zero-order chi connectivity index (χ0) is 13.2. The molecule has 0 aromatic heterocycles. The predicted octanol–water partition coefficient (Wildman–Crippen LogP) is 2.27. The first-order chi connectivity index (χ1) is 8.50. The summed E-state index contributed by atoms with van der Waals surface area (Å²) in [6.45, 7) is 11.1. The maximum absolute atomic E-state index is 5.54. The average Bonchev–Trinajstić information content (AvgIpc) is 2.79. The molecule has 0 radical (unpaired) electrons. The lowest BCUT2D eigenvalue weighted by Crippen LogP contribution is -2.65. The molecular weight excluding hydrogens is 224 g/mol. The van der Waals surface area contributed by atoms with Gasteiger partial charge in [-0.3, -0.25) is 4.90 Å². The first kappa shape index (κ1) is 14.3. The van der Waals surface area contributed by atoms with Gasteiger partial charge < -0.3 is 10.1 Å². The normalized spacial score (nSPS) is 27.3. The van der Waals surface area contributed by atoms with Crippen LogP contribution in [-0.4, -0.2) is 49.8 Å². The van der Waals surface area contributed by atoms with Crippen molar-refractivity contribution in [1.82, 2.24) is 10.2 Å². The molecule has 1 saturated carbocycles. The van der Waals surface area contributed by atoms with Crippen LogP contribution in [0.15, 0.2) is 0 Å². The van der Waals surface area contributed by atoms with E-state index in [1.807, 2.05) is 0 Å². The van der Waals surface area contributed by atoms with E-state index >= 15 is 0 Å². The molecule has 1 aliphatic heterocycles. The molecule has 1 saturated heterocycles. The van der Waals surface area contributed by atoms with Gasteiger partial charge in [-0.05, 0) is 25.3 Å². The van der Waals surface area contributed by atoms with Crippen LogP contribution in [0.1, 0.15) is 46.5 Å². The third-order valence-corrected chi connectivity index (χ3v) is 4.80. The highest BCUT2D eigenvalue weighted by Crippen LogP contribution is 2.43. The second-order valence-electron chi connectivity index (χ2n) is 7.00. The van der Waals surface area contributed by atoms with Gasteiger partial charge in [0.1, 0.15) is 0 Å². The minimum absolute atomic E-state index is 0.303. The van der Waals surface area contributed by atoms with Gasteiger partial charge >= 0.3 is 0 Å². The summed E-state index contributed by atoms with van der Waals surface area (Å²) in [6.07, 6.45) is 5.45. The third-order valence-electron chi connectivity index (χ3n) is 4.80. The summed E-state index contributed by atoms with van der Waals surface area (Å²) in [4.78, 5) is 2.72. The van der Waals surface area contributed by atoms with E-state index in [4.69, 9.17) is 4.74 Å². The van der Waals surface area contributed by atoms with Gasteiger partial charge in [-0.25, -0.2) is 0 Å². The van der Waals surface area contributed by atoms with Gasteiger partial charge in [0.2, 0.25) is 0 Å². The molecule has 0 aromatic rings. The zero-order valence-electron chi connectivity index (χ0n) is 12.6. The van der Waals surface area contributed by atoms with Crippen molar-refractivity contribution < 1.29 is 4.74 Å². The van der Waals surface area contributed by atoms with Crippen LogP contribution in [0.4, 0.5) is 0 Å². The summed E-state index contributed by atoms with van der Waals surface area (Å²) in [5.41, 5.74) is 0.661. The summed E-state index contributed by atoms with van der Waals surface area (Å²) >= 11 is 0. The summed E-state index contributed by atoms with van der Waals surface area (Å²) in [5, 5.41) is 3.64. The van der Waals surface area contributed by atoms with Crippen LogP contribution in [-0.2, 0) is 4.74 Å². The fourth-order valence-electron chi connectivity index (χ4n) is 4.29. The molecule has 1 unspecified atom stereocenters. The Balaban J connectivity index is 2.24. The molecule has 1 aliphatic carbocycles. The smallest absolute Gasteiger partial charge is 0.0594 e. The van der Waals surface area contributed by atoms with Crippen molar-refractivity contribution in [2.75, 3.05) is 33.4 Å². The zero-order valence-corrected chi connectivity index (χ0v) is 12.6. The van der Waals surface area contributed by atoms with Crippen molar-refractivity contribution in [1.29, 1.82) is 0 Å². The van der Waals surface area contributed by atoms with Crippen molar-refractivity contribution in [3.8, 4) is 0 Å². The summed E-state index contributed by atoms with van der Waals surface area (Å²) in [7, 11) is 2.14. The van der Waals surface area contributed by atoms with Gasteiger partial charge in [0.25, 0.3) is 0 Å². The van der Waals surface area contributed by atoms with E-state index < -0.39 is 0 Å². The van der Waals surface area contributed by atoms with E-state index in [2.05, 4.69) is 38.0 Å². The van der Waals surface area contributed by atoms with Crippen molar-refractivity contribution in [2.45, 2.75) is 58.0 Å². The van der Waals surface area contributed by atoms with Crippen LogP contribution in [0.3, 0.4) is 0 Å². The molecular formula is C15H30N2O. The first-order valence-electron chi connectivity index (χ1n) is 7.51. The van der Waals surface area contributed by atoms with Crippen LogP contribution in [0.25, 0.3) is 0 Å². The Morgan fingerprint density at radius 1 is 1.11 bits per heavy atom. The molecule has 1 atom stereocenters. The number of ether oxygens (including phenoxy) is 1. The average molecular weight is 254 g/mol. The number of likely N-dealkylation sites (N-methyl/N-ethyl adjacent to an activating group) is 1. The second kappa shape index (κ2) is 5.48. The number of morpholine rings is 1. The van der Waals surface area contributed by atoms with Crippen LogP contribution in [0.2, 0.25) is 0 Å². The van der Waals surface area contributed by atoms with Crippen molar-refractivity contribution in [2.24, 2.45) is 5.41 Å². The fourth-order valence-corrected chi connectivity index (χ4v) is 4.29. The van der Waals surface area contributed by atoms with Gasteiger partial charge in [0, 0.05) is 24.7 Å². The van der Waals surface area contributed by atoms with Crippen molar-refractivity contribution in [3.63, 3.8) is 0 Å². The Labute approximate surface area is 112 Å². The van der Waals surface area contributed by atoms with E-state index in [1.54, 1.807) is 0 Å². The molecule has 0 bridgehead atoms. The monoisotopic (exact) mass is 254 g/mol. The van der Waals surface area contributed by atoms with Gasteiger partial charge in [0.05, 0.1) is 13.2 Å². The second-order valence-corrected chi connectivity index (χ2v) is 7.00. The Hall–Kier alpha value is -0.120. The van der Waals surface area contributed by atoms with E-state index in [0.29, 0.717) is 17.0 Å². The molecule has 0 aromatic carbocycles. The Bertz CT molecular complexity index is 260. The highest BCUT2D eigenvalue weighted by molar-refractivity contribution is 5.07.